The molecule has 1 aromatic carbocycles. The molecule has 2 unspecified atom stereocenters. The molecule has 0 aliphatic carbocycles. The molecule has 0 heterocycles. The van der Waals surface area contributed by atoms with Gasteiger partial charge in [0.05, 0.1) is 6.04 Å². The summed E-state index contributed by atoms with van der Waals surface area (Å²) in [4.78, 5) is 13.6. The molecule has 1 amide bonds. The Labute approximate surface area is 108 Å². The number of amides is 1. The predicted octanol–water partition coefficient (Wildman–Crippen LogP) is 2.04. The fourth-order valence-electron chi connectivity index (χ4n) is 1.78. The minimum Gasteiger partial charge on any atom is -0.508 e. The van der Waals surface area contributed by atoms with Gasteiger partial charge in [0.15, 0.2) is 0 Å². The molecule has 0 aliphatic rings. The zero-order chi connectivity index (χ0) is 13.7. The maximum atomic E-state index is 12.0. The minimum atomic E-state index is -0.164. The van der Waals surface area contributed by atoms with Gasteiger partial charge in [0, 0.05) is 25.1 Å². The Bertz CT molecular complexity index is 407. The van der Waals surface area contributed by atoms with Gasteiger partial charge in [0.2, 0.25) is 5.91 Å². The molecule has 2 atom stereocenters. The molecule has 4 nitrogen and oxygen atoms in total. The van der Waals surface area contributed by atoms with E-state index in [0.29, 0.717) is 6.42 Å². The quantitative estimate of drug-likeness (QED) is 0.840. The third kappa shape index (κ3) is 3.47. The van der Waals surface area contributed by atoms with Crippen LogP contribution in [0.4, 0.5) is 0 Å². The summed E-state index contributed by atoms with van der Waals surface area (Å²) >= 11 is 0. The van der Waals surface area contributed by atoms with E-state index in [-0.39, 0.29) is 23.7 Å². The van der Waals surface area contributed by atoms with Gasteiger partial charge >= 0.3 is 0 Å². The first kappa shape index (κ1) is 14.5. The van der Waals surface area contributed by atoms with Crippen LogP contribution in [0, 0.1) is 0 Å². The van der Waals surface area contributed by atoms with E-state index in [1.807, 2.05) is 26.0 Å². The van der Waals surface area contributed by atoms with Crippen LogP contribution in [0.5, 0.6) is 5.75 Å². The lowest BCUT2D eigenvalue weighted by atomic mass is 10.0. The fraction of sp³-hybridized carbons (Fsp3) is 0.500. The van der Waals surface area contributed by atoms with Crippen LogP contribution in [0.2, 0.25) is 0 Å². The Morgan fingerprint density at radius 2 is 2.06 bits per heavy atom. The number of hydrogen-bond acceptors (Lipinski definition) is 3. The summed E-state index contributed by atoms with van der Waals surface area (Å²) in [5.41, 5.74) is 6.53. The topological polar surface area (TPSA) is 66.6 Å². The number of hydrogen-bond donors (Lipinski definition) is 2. The van der Waals surface area contributed by atoms with Crippen LogP contribution in [0.15, 0.2) is 24.3 Å². The molecule has 0 fully saturated rings. The molecule has 0 radical (unpaired) electrons. The van der Waals surface area contributed by atoms with Gasteiger partial charge in [0.25, 0.3) is 0 Å². The number of benzene rings is 1. The van der Waals surface area contributed by atoms with Crippen LogP contribution in [-0.4, -0.2) is 29.0 Å². The third-order valence-corrected chi connectivity index (χ3v) is 3.32. The highest BCUT2D eigenvalue weighted by atomic mass is 16.3. The lowest BCUT2D eigenvalue weighted by molar-refractivity contribution is -0.132. The maximum Gasteiger partial charge on any atom is 0.224 e. The Balaban J connectivity index is 2.75. The van der Waals surface area contributed by atoms with Crippen LogP contribution in [0.1, 0.15) is 38.3 Å². The number of phenolic OH excluding ortho intramolecular Hbond substituents is 1. The van der Waals surface area contributed by atoms with Gasteiger partial charge in [-0.15, -0.1) is 0 Å². The maximum absolute atomic E-state index is 12.0. The molecule has 0 aromatic heterocycles. The van der Waals surface area contributed by atoms with E-state index in [1.165, 1.54) is 0 Å². The van der Waals surface area contributed by atoms with E-state index in [4.69, 9.17) is 5.73 Å². The normalized spacial score (nSPS) is 14.0. The number of aromatic hydroxyl groups is 1. The SMILES string of the molecule is CCC(N)CC(=O)N(C)C(C)c1ccccc1O. The average Bonchev–Trinajstić information content (AvgIpc) is 2.37. The molecule has 0 saturated carbocycles. The first-order valence-corrected chi connectivity index (χ1v) is 6.26. The summed E-state index contributed by atoms with van der Waals surface area (Å²) in [5.74, 6) is 0.213. The number of rotatable bonds is 5. The first-order chi connectivity index (χ1) is 8.47. The number of nitrogens with two attached hydrogens (primary N) is 1. The fourth-order valence-corrected chi connectivity index (χ4v) is 1.78. The lowest BCUT2D eigenvalue weighted by Gasteiger charge is -2.27. The van der Waals surface area contributed by atoms with Crippen molar-refractivity contribution in [1.82, 2.24) is 4.90 Å². The lowest BCUT2D eigenvalue weighted by Crippen LogP contribution is -2.34. The molecule has 0 bridgehead atoms. The van der Waals surface area contributed by atoms with Crippen molar-refractivity contribution in [3.63, 3.8) is 0 Å². The molecule has 18 heavy (non-hydrogen) atoms. The van der Waals surface area contributed by atoms with E-state index in [0.717, 1.165) is 12.0 Å². The van der Waals surface area contributed by atoms with Crippen molar-refractivity contribution in [2.24, 2.45) is 5.73 Å². The number of phenols is 1. The smallest absolute Gasteiger partial charge is 0.224 e. The monoisotopic (exact) mass is 250 g/mol. The summed E-state index contributed by atoms with van der Waals surface area (Å²) in [6.45, 7) is 3.86. The van der Waals surface area contributed by atoms with Gasteiger partial charge in [-0.3, -0.25) is 4.79 Å². The van der Waals surface area contributed by atoms with E-state index in [1.54, 1.807) is 24.1 Å². The number of nitrogens with zero attached hydrogens (tertiary/aromatic N) is 1. The van der Waals surface area contributed by atoms with Gasteiger partial charge in [-0.25, -0.2) is 0 Å². The van der Waals surface area contributed by atoms with Gasteiger partial charge in [-0.2, -0.15) is 0 Å². The van der Waals surface area contributed by atoms with Crippen LogP contribution in [0.25, 0.3) is 0 Å². The molecular formula is C14H22N2O2. The van der Waals surface area contributed by atoms with Crippen molar-refractivity contribution in [2.45, 2.75) is 38.8 Å². The van der Waals surface area contributed by atoms with E-state index in [9.17, 15) is 9.90 Å². The van der Waals surface area contributed by atoms with Crippen molar-refractivity contribution >= 4 is 5.91 Å². The van der Waals surface area contributed by atoms with Crippen molar-refractivity contribution in [2.75, 3.05) is 7.05 Å². The molecule has 1 aromatic rings. The van der Waals surface area contributed by atoms with Crippen molar-refractivity contribution in [1.29, 1.82) is 0 Å². The Morgan fingerprint density at radius 3 is 2.61 bits per heavy atom. The van der Waals surface area contributed by atoms with Crippen LogP contribution in [0.3, 0.4) is 0 Å². The molecular weight excluding hydrogens is 228 g/mol. The Hall–Kier alpha value is -1.55. The minimum absolute atomic E-state index is 0.0000954. The highest BCUT2D eigenvalue weighted by Crippen LogP contribution is 2.27. The summed E-state index contributed by atoms with van der Waals surface area (Å²) < 4.78 is 0. The summed E-state index contributed by atoms with van der Waals surface area (Å²) in [6, 6.07) is 6.80. The second-order valence-electron chi connectivity index (χ2n) is 4.61. The van der Waals surface area contributed by atoms with E-state index < -0.39 is 0 Å². The highest BCUT2D eigenvalue weighted by Gasteiger charge is 2.20. The summed E-state index contributed by atoms with van der Waals surface area (Å²) in [5, 5.41) is 9.78. The van der Waals surface area contributed by atoms with Gasteiger partial charge in [-0.05, 0) is 19.4 Å². The van der Waals surface area contributed by atoms with Crippen LogP contribution >= 0.6 is 0 Å². The van der Waals surface area contributed by atoms with Crippen molar-refractivity contribution in [3.05, 3.63) is 29.8 Å². The van der Waals surface area contributed by atoms with Crippen molar-refractivity contribution in [3.8, 4) is 5.75 Å². The van der Waals surface area contributed by atoms with Gasteiger partial charge in [0.1, 0.15) is 5.75 Å². The van der Waals surface area contributed by atoms with E-state index in [2.05, 4.69) is 0 Å². The zero-order valence-corrected chi connectivity index (χ0v) is 11.3. The van der Waals surface area contributed by atoms with E-state index >= 15 is 0 Å². The molecule has 0 aliphatic heterocycles. The largest absolute Gasteiger partial charge is 0.508 e. The highest BCUT2D eigenvalue weighted by molar-refractivity contribution is 5.77. The second kappa shape index (κ2) is 6.40. The first-order valence-electron chi connectivity index (χ1n) is 6.26. The van der Waals surface area contributed by atoms with Gasteiger partial charge < -0.3 is 15.7 Å². The van der Waals surface area contributed by atoms with Crippen LogP contribution < -0.4 is 5.73 Å². The number of para-hydroxylation sites is 1. The van der Waals surface area contributed by atoms with Crippen LogP contribution in [-0.2, 0) is 4.79 Å². The standard InChI is InChI=1S/C14H22N2O2/c1-4-11(15)9-14(18)16(3)10(2)12-7-5-6-8-13(12)17/h5-8,10-11,17H,4,9,15H2,1-3H3. The van der Waals surface area contributed by atoms with Crippen molar-refractivity contribution < 1.29 is 9.90 Å². The predicted molar refractivity (Wildman–Crippen MR) is 72.2 cm³/mol. The number of carbonyl (C=O) groups excluding carboxylic acids is 1. The molecule has 1 rings (SSSR count). The molecule has 4 heteroatoms. The molecule has 100 valence electrons. The summed E-state index contributed by atoms with van der Waals surface area (Å²) in [7, 11) is 1.74. The molecule has 0 spiro atoms. The summed E-state index contributed by atoms with van der Waals surface area (Å²) in [6.07, 6.45) is 1.12. The molecule has 3 N–H and O–H groups in total. The molecule has 0 saturated heterocycles. The third-order valence-electron chi connectivity index (χ3n) is 3.32. The Kier molecular flexibility index (Phi) is 5.16. The number of carbonyl (C=O) groups is 1. The zero-order valence-electron chi connectivity index (χ0n) is 11.3. The second-order valence-corrected chi connectivity index (χ2v) is 4.61. The van der Waals surface area contributed by atoms with Gasteiger partial charge in [-0.1, -0.05) is 25.1 Å². The Morgan fingerprint density at radius 1 is 1.44 bits per heavy atom. The average molecular weight is 250 g/mol.